The Labute approximate surface area is 121 Å². The van der Waals surface area contributed by atoms with Crippen LogP contribution in [0.15, 0.2) is 15.9 Å². The molecule has 0 aromatic heterocycles. The third kappa shape index (κ3) is 4.71. The first-order valence-electron chi connectivity index (χ1n) is 7.40. The molecule has 1 rings (SSSR count). The van der Waals surface area contributed by atoms with Crippen LogP contribution >= 0.6 is 7.92 Å². The topological polar surface area (TPSA) is 12.4 Å². The average Bonchev–Trinajstić information content (AvgIpc) is 2.06. The van der Waals surface area contributed by atoms with Crippen molar-refractivity contribution in [3.05, 3.63) is 10.9 Å². The Balaban J connectivity index is 3.09. The third-order valence-corrected chi connectivity index (χ3v) is 6.95. The molecule has 0 aromatic rings. The van der Waals surface area contributed by atoms with Crippen LogP contribution in [0.2, 0.25) is 0 Å². The van der Waals surface area contributed by atoms with Gasteiger partial charge in [0.1, 0.15) is 0 Å². The molecule has 0 radical (unpaired) electrons. The first-order chi connectivity index (χ1) is 8.32. The summed E-state index contributed by atoms with van der Waals surface area (Å²) in [7, 11) is -0.116. The molecule has 110 valence electrons. The van der Waals surface area contributed by atoms with E-state index in [0.717, 1.165) is 0 Å². The zero-order valence-corrected chi connectivity index (χ0v) is 15.3. The molecule has 0 N–H and O–H groups in total. The van der Waals surface area contributed by atoms with Crippen molar-refractivity contribution in [2.75, 3.05) is 0 Å². The highest BCUT2D eigenvalue weighted by Gasteiger charge is 2.40. The van der Waals surface area contributed by atoms with Crippen LogP contribution < -0.4 is 0 Å². The summed E-state index contributed by atoms with van der Waals surface area (Å²) < 4.78 is 0. The number of nitrogens with zero attached hydrogens (tertiary/aromatic N) is 1. The van der Waals surface area contributed by atoms with Gasteiger partial charge in [-0.1, -0.05) is 49.5 Å². The number of hydrogen-bond acceptors (Lipinski definition) is 1. The molecule has 1 aliphatic carbocycles. The molecule has 0 fully saturated rings. The molecule has 19 heavy (non-hydrogen) atoms. The fourth-order valence-corrected chi connectivity index (χ4v) is 7.29. The summed E-state index contributed by atoms with van der Waals surface area (Å²) in [6, 6.07) is 0. The number of allylic oxidation sites excluding steroid dienone is 2. The van der Waals surface area contributed by atoms with E-state index in [1.165, 1.54) is 18.4 Å². The SMILES string of the molecule is CC(C)(C)N=CC1=C(P(C(C)(C)C)C(C)(C)C)CC1. The Morgan fingerprint density at radius 3 is 1.58 bits per heavy atom. The summed E-state index contributed by atoms with van der Waals surface area (Å²) in [6.07, 6.45) is 4.66. The Kier molecular flexibility index (Phi) is 4.73. The van der Waals surface area contributed by atoms with Crippen LogP contribution in [-0.2, 0) is 0 Å². The first-order valence-corrected chi connectivity index (χ1v) is 8.74. The highest BCUT2D eigenvalue weighted by molar-refractivity contribution is 7.65. The molecule has 0 amide bonds. The normalized spacial score (nSPS) is 18.4. The van der Waals surface area contributed by atoms with E-state index >= 15 is 0 Å². The van der Waals surface area contributed by atoms with Gasteiger partial charge in [-0.3, -0.25) is 4.99 Å². The van der Waals surface area contributed by atoms with E-state index in [4.69, 9.17) is 4.99 Å². The summed E-state index contributed by atoms with van der Waals surface area (Å²) in [5.41, 5.74) is 1.56. The van der Waals surface area contributed by atoms with Crippen LogP contribution in [0.3, 0.4) is 0 Å². The van der Waals surface area contributed by atoms with E-state index < -0.39 is 0 Å². The average molecular weight is 281 g/mol. The van der Waals surface area contributed by atoms with E-state index in [2.05, 4.69) is 68.5 Å². The first kappa shape index (κ1) is 16.9. The van der Waals surface area contributed by atoms with Crippen molar-refractivity contribution in [2.24, 2.45) is 4.99 Å². The van der Waals surface area contributed by atoms with Gasteiger partial charge in [0.25, 0.3) is 0 Å². The zero-order valence-electron chi connectivity index (χ0n) is 14.4. The Hall–Kier alpha value is -0.160. The van der Waals surface area contributed by atoms with Gasteiger partial charge in [-0.2, -0.15) is 0 Å². The highest BCUT2D eigenvalue weighted by Crippen LogP contribution is 2.68. The predicted octanol–water partition coefficient (Wildman–Crippen LogP) is 5.98. The van der Waals surface area contributed by atoms with Crippen molar-refractivity contribution in [1.29, 1.82) is 0 Å². The van der Waals surface area contributed by atoms with Crippen molar-refractivity contribution >= 4 is 14.1 Å². The minimum absolute atomic E-state index is 0.0416. The zero-order chi connectivity index (χ0) is 15.1. The van der Waals surface area contributed by atoms with Gasteiger partial charge in [0.15, 0.2) is 0 Å². The second-order valence-electron chi connectivity index (χ2n) is 8.58. The lowest BCUT2D eigenvalue weighted by molar-refractivity contribution is 0.585. The van der Waals surface area contributed by atoms with Gasteiger partial charge in [0.05, 0.1) is 5.54 Å². The largest absolute Gasteiger partial charge is 0.287 e. The van der Waals surface area contributed by atoms with Gasteiger partial charge in [-0.15, -0.1) is 0 Å². The van der Waals surface area contributed by atoms with Crippen molar-refractivity contribution in [1.82, 2.24) is 0 Å². The van der Waals surface area contributed by atoms with Crippen LogP contribution in [0.1, 0.15) is 75.2 Å². The Morgan fingerprint density at radius 1 is 0.842 bits per heavy atom. The van der Waals surface area contributed by atoms with Gasteiger partial charge < -0.3 is 0 Å². The summed E-state index contributed by atoms with van der Waals surface area (Å²) in [4.78, 5) is 4.70. The fourth-order valence-electron chi connectivity index (χ4n) is 2.86. The van der Waals surface area contributed by atoms with Crippen molar-refractivity contribution in [2.45, 2.75) is 91.0 Å². The van der Waals surface area contributed by atoms with Crippen LogP contribution in [0.4, 0.5) is 0 Å². The Morgan fingerprint density at radius 2 is 1.32 bits per heavy atom. The van der Waals surface area contributed by atoms with Gasteiger partial charge in [0, 0.05) is 6.21 Å². The molecular weight excluding hydrogens is 249 g/mol. The predicted molar refractivity (Wildman–Crippen MR) is 90.9 cm³/mol. The maximum atomic E-state index is 4.70. The molecular formula is C17H32NP. The molecule has 0 atom stereocenters. The van der Waals surface area contributed by atoms with E-state index in [1.807, 2.05) is 0 Å². The summed E-state index contributed by atoms with van der Waals surface area (Å²) in [5, 5.41) is 2.47. The van der Waals surface area contributed by atoms with E-state index in [1.54, 1.807) is 5.31 Å². The van der Waals surface area contributed by atoms with E-state index in [-0.39, 0.29) is 13.5 Å². The molecule has 1 aliphatic rings. The third-order valence-electron chi connectivity index (χ3n) is 3.22. The second-order valence-corrected chi connectivity index (χ2v) is 12.5. The quantitative estimate of drug-likeness (QED) is 0.436. The van der Waals surface area contributed by atoms with E-state index in [0.29, 0.717) is 10.3 Å². The molecule has 0 saturated carbocycles. The van der Waals surface area contributed by atoms with E-state index in [9.17, 15) is 0 Å². The number of hydrogen-bond donors (Lipinski definition) is 0. The molecule has 2 heteroatoms. The number of rotatable bonds is 2. The lowest BCUT2D eigenvalue weighted by atomic mass is 9.99. The van der Waals surface area contributed by atoms with Gasteiger partial charge >= 0.3 is 0 Å². The molecule has 0 aromatic carbocycles. The van der Waals surface area contributed by atoms with Crippen molar-refractivity contribution < 1.29 is 0 Å². The van der Waals surface area contributed by atoms with Crippen LogP contribution in [0.5, 0.6) is 0 Å². The summed E-state index contributed by atoms with van der Waals surface area (Å²) in [6.45, 7) is 20.9. The smallest absolute Gasteiger partial charge is 0.0524 e. The molecule has 0 spiro atoms. The van der Waals surface area contributed by atoms with Gasteiger partial charge in [0.2, 0.25) is 0 Å². The molecule has 0 heterocycles. The van der Waals surface area contributed by atoms with Crippen LogP contribution in [0.25, 0.3) is 0 Å². The minimum atomic E-state index is -0.116. The maximum Gasteiger partial charge on any atom is 0.0524 e. The molecule has 0 saturated heterocycles. The summed E-state index contributed by atoms with van der Waals surface area (Å²) in [5.74, 6) is 0. The van der Waals surface area contributed by atoms with Gasteiger partial charge in [-0.05, 0) is 54.8 Å². The number of aliphatic imine (C=N–C) groups is 1. The Bertz CT molecular complexity index is 369. The van der Waals surface area contributed by atoms with Crippen molar-refractivity contribution in [3.8, 4) is 0 Å². The fraction of sp³-hybridized carbons (Fsp3) is 0.824. The monoisotopic (exact) mass is 281 g/mol. The van der Waals surface area contributed by atoms with Crippen LogP contribution in [0, 0.1) is 0 Å². The highest BCUT2D eigenvalue weighted by atomic mass is 31.1. The molecule has 0 bridgehead atoms. The lowest BCUT2D eigenvalue weighted by Gasteiger charge is -2.46. The molecule has 0 aliphatic heterocycles. The van der Waals surface area contributed by atoms with Crippen LogP contribution in [-0.4, -0.2) is 22.1 Å². The minimum Gasteiger partial charge on any atom is -0.287 e. The maximum absolute atomic E-state index is 4.70. The second kappa shape index (κ2) is 5.32. The van der Waals surface area contributed by atoms with Gasteiger partial charge in [-0.25, -0.2) is 0 Å². The lowest BCUT2D eigenvalue weighted by Crippen LogP contribution is -2.28. The molecule has 0 unspecified atom stereocenters. The van der Waals surface area contributed by atoms with Crippen molar-refractivity contribution in [3.63, 3.8) is 0 Å². The molecule has 1 nitrogen and oxygen atoms in total. The standard InChI is InChI=1S/C17H32NP/c1-15(2,3)18-12-13-10-11-14(13)19(16(4,5)6)17(7,8)9/h12H,10-11H2,1-9H3. The summed E-state index contributed by atoms with van der Waals surface area (Å²) >= 11 is 0.